The summed E-state index contributed by atoms with van der Waals surface area (Å²) in [5.41, 5.74) is 1.78. The Hall–Kier alpha value is -2.75. The highest BCUT2D eigenvalue weighted by molar-refractivity contribution is 5.94. The second-order valence-corrected chi connectivity index (χ2v) is 5.69. The van der Waals surface area contributed by atoms with Crippen LogP contribution < -0.4 is 14.8 Å². The SMILES string of the molecule is C=CCOc1ccc(C(=O)NCC(CC)c2ccccc2)cc1OC. The fraction of sp³-hybridized carbons (Fsp3) is 0.286. The summed E-state index contributed by atoms with van der Waals surface area (Å²) in [4.78, 5) is 12.5. The third kappa shape index (κ3) is 5.11. The number of nitrogens with one attached hydrogen (secondary N) is 1. The number of amides is 1. The van der Waals surface area contributed by atoms with Gasteiger partial charge in [0.15, 0.2) is 11.5 Å². The Morgan fingerprint density at radius 3 is 2.60 bits per heavy atom. The van der Waals surface area contributed by atoms with Gasteiger partial charge in [0.2, 0.25) is 0 Å². The van der Waals surface area contributed by atoms with E-state index in [9.17, 15) is 4.79 Å². The van der Waals surface area contributed by atoms with Crippen LogP contribution in [0.4, 0.5) is 0 Å². The van der Waals surface area contributed by atoms with Gasteiger partial charge in [0.1, 0.15) is 6.61 Å². The topological polar surface area (TPSA) is 47.6 Å². The lowest BCUT2D eigenvalue weighted by Crippen LogP contribution is -2.28. The summed E-state index contributed by atoms with van der Waals surface area (Å²) < 4.78 is 10.8. The monoisotopic (exact) mass is 339 g/mol. The van der Waals surface area contributed by atoms with Crippen molar-refractivity contribution in [3.05, 3.63) is 72.3 Å². The lowest BCUT2D eigenvalue weighted by atomic mass is 9.96. The largest absolute Gasteiger partial charge is 0.493 e. The van der Waals surface area contributed by atoms with Crippen molar-refractivity contribution in [1.82, 2.24) is 5.32 Å². The maximum atomic E-state index is 12.5. The molecule has 0 radical (unpaired) electrons. The van der Waals surface area contributed by atoms with Crippen LogP contribution in [-0.4, -0.2) is 26.2 Å². The van der Waals surface area contributed by atoms with Crippen LogP contribution in [0, 0.1) is 0 Å². The number of rotatable bonds is 9. The first kappa shape index (κ1) is 18.6. The van der Waals surface area contributed by atoms with Crippen molar-refractivity contribution in [3.8, 4) is 11.5 Å². The molecule has 0 bridgehead atoms. The number of benzene rings is 2. The van der Waals surface area contributed by atoms with Crippen LogP contribution in [0.3, 0.4) is 0 Å². The molecule has 1 atom stereocenters. The molecule has 0 saturated heterocycles. The first-order valence-electron chi connectivity index (χ1n) is 8.44. The molecule has 1 amide bonds. The van der Waals surface area contributed by atoms with E-state index >= 15 is 0 Å². The minimum absolute atomic E-state index is 0.122. The molecule has 2 rings (SSSR count). The molecule has 4 nitrogen and oxygen atoms in total. The number of ether oxygens (including phenoxy) is 2. The quantitative estimate of drug-likeness (QED) is 0.697. The van der Waals surface area contributed by atoms with E-state index in [0.717, 1.165) is 6.42 Å². The van der Waals surface area contributed by atoms with Crippen LogP contribution >= 0.6 is 0 Å². The van der Waals surface area contributed by atoms with Crippen LogP contribution in [-0.2, 0) is 0 Å². The highest BCUT2D eigenvalue weighted by Crippen LogP contribution is 2.28. The lowest BCUT2D eigenvalue weighted by Gasteiger charge is -2.17. The molecular formula is C21H25NO3. The van der Waals surface area contributed by atoms with E-state index in [1.54, 1.807) is 31.4 Å². The Bertz CT molecular complexity index is 698. The predicted molar refractivity (Wildman–Crippen MR) is 100 cm³/mol. The Morgan fingerprint density at radius 1 is 1.20 bits per heavy atom. The number of hydrogen-bond acceptors (Lipinski definition) is 3. The number of carbonyl (C=O) groups excluding carboxylic acids is 1. The first-order valence-corrected chi connectivity index (χ1v) is 8.44. The van der Waals surface area contributed by atoms with E-state index in [4.69, 9.17) is 9.47 Å². The van der Waals surface area contributed by atoms with Crippen LogP contribution in [0.2, 0.25) is 0 Å². The normalized spacial score (nSPS) is 11.4. The minimum Gasteiger partial charge on any atom is -0.493 e. The van der Waals surface area contributed by atoms with Crippen molar-refractivity contribution in [2.75, 3.05) is 20.3 Å². The van der Waals surface area contributed by atoms with Gasteiger partial charge in [-0.2, -0.15) is 0 Å². The lowest BCUT2D eigenvalue weighted by molar-refractivity contribution is 0.0950. The summed E-state index contributed by atoms with van der Waals surface area (Å²) in [5.74, 6) is 1.30. The van der Waals surface area contributed by atoms with Crippen molar-refractivity contribution >= 4 is 5.91 Å². The zero-order chi connectivity index (χ0) is 18.1. The average molecular weight is 339 g/mol. The van der Waals surface area contributed by atoms with Crippen LogP contribution in [0.5, 0.6) is 11.5 Å². The van der Waals surface area contributed by atoms with Gasteiger partial charge in [0.25, 0.3) is 5.91 Å². The van der Waals surface area contributed by atoms with E-state index in [2.05, 4.69) is 31.0 Å². The third-order valence-corrected chi connectivity index (χ3v) is 4.06. The van der Waals surface area contributed by atoms with Gasteiger partial charge >= 0.3 is 0 Å². The molecule has 1 unspecified atom stereocenters. The molecule has 132 valence electrons. The molecule has 0 fully saturated rings. The van der Waals surface area contributed by atoms with Crippen molar-refractivity contribution in [3.63, 3.8) is 0 Å². The summed E-state index contributed by atoms with van der Waals surface area (Å²) in [7, 11) is 1.56. The zero-order valence-corrected chi connectivity index (χ0v) is 14.8. The highest BCUT2D eigenvalue weighted by atomic mass is 16.5. The molecule has 0 aliphatic rings. The van der Waals surface area contributed by atoms with E-state index in [-0.39, 0.29) is 5.91 Å². The summed E-state index contributed by atoms with van der Waals surface area (Å²) in [6.45, 7) is 6.72. The standard InChI is InChI=1S/C21H25NO3/c1-4-13-25-19-12-11-18(14-20(19)24-3)21(23)22-15-16(5-2)17-9-7-6-8-10-17/h4,6-12,14,16H,1,5,13,15H2,2-3H3,(H,22,23). The second kappa shape index (κ2) is 9.52. The molecule has 0 aliphatic carbocycles. The van der Waals surface area contributed by atoms with Gasteiger partial charge < -0.3 is 14.8 Å². The summed E-state index contributed by atoms with van der Waals surface area (Å²) in [6.07, 6.45) is 2.62. The average Bonchev–Trinajstić information content (AvgIpc) is 2.67. The van der Waals surface area contributed by atoms with Gasteiger partial charge in [0, 0.05) is 18.0 Å². The smallest absolute Gasteiger partial charge is 0.251 e. The molecule has 0 saturated carbocycles. The van der Waals surface area contributed by atoms with E-state index in [0.29, 0.717) is 36.1 Å². The number of carbonyl (C=O) groups is 1. The van der Waals surface area contributed by atoms with Crippen molar-refractivity contribution in [2.45, 2.75) is 19.3 Å². The molecule has 0 aromatic heterocycles. The maximum Gasteiger partial charge on any atom is 0.251 e. The van der Waals surface area contributed by atoms with Gasteiger partial charge in [-0.3, -0.25) is 4.79 Å². The summed E-state index contributed by atoms with van der Waals surface area (Å²) in [5, 5.41) is 3.01. The fourth-order valence-corrected chi connectivity index (χ4v) is 2.62. The van der Waals surface area contributed by atoms with Crippen molar-refractivity contribution < 1.29 is 14.3 Å². The minimum atomic E-state index is -0.122. The molecule has 25 heavy (non-hydrogen) atoms. The van der Waals surface area contributed by atoms with Gasteiger partial charge in [-0.1, -0.05) is 49.9 Å². The molecule has 0 aliphatic heterocycles. The van der Waals surface area contributed by atoms with Crippen LogP contribution in [0.1, 0.15) is 35.2 Å². The summed E-state index contributed by atoms with van der Waals surface area (Å²) >= 11 is 0. The van der Waals surface area contributed by atoms with Gasteiger partial charge in [-0.15, -0.1) is 0 Å². The number of methoxy groups -OCH3 is 1. The first-order chi connectivity index (χ1) is 12.2. The molecule has 2 aromatic rings. The Morgan fingerprint density at radius 2 is 1.96 bits per heavy atom. The predicted octanol–water partition coefficient (Wildman–Crippen LogP) is 4.18. The Labute approximate surface area is 149 Å². The molecule has 0 spiro atoms. The van der Waals surface area contributed by atoms with Gasteiger partial charge in [-0.25, -0.2) is 0 Å². The molecule has 1 N–H and O–H groups in total. The van der Waals surface area contributed by atoms with E-state index in [1.165, 1.54) is 5.56 Å². The summed E-state index contributed by atoms with van der Waals surface area (Å²) in [6, 6.07) is 15.4. The fourth-order valence-electron chi connectivity index (χ4n) is 2.62. The van der Waals surface area contributed by atoms with Gasteiger partial charge in [0.05, 0.1) is 7.11 Å². The van der Waals surface area contributed by atoms with Gasteiger partial charge in [-0.05, 0) is 30.2 Å². The molecule has 0 heterocycles. The van der Waals surface area contributed by atoms with E-state index in [1.807, 2.05) is 18.2 Å². The third-order valence-electron chi connectivity index (χ3n) is 4.06. The second-order valence-electron chi connectivity index (χ2n) is 5.69. The molecule has 2 aromatic carbocycles. The maximum absolute atomic E-state index is 12.5. The van der Waals surface area contributed by atoms with Crippen LogP contribution in [0.15, 0.2) is 61.2 Å². The van der Waals surface area contributed by atoms with E-state index < -0.39 is 0 Å². The van der Waals surface area contributed by atoms with Crippen LogP contribution in [0.25, 0.3) is 0 Å². The van der Waals surface area contributed by atoms with Crippen molar-refractivity contribution in [1.29, 1.82) is 0 Å². The zero-order valence-electron chi connectivity index (χ0n) is 14.8. The highest BCUT2D eigenvalue weighted by Gasteiger charge is 2.14. The Kier molecular flexibility index (Phi) is 7.08. The molecule has 4 heteroatoms. The Balaban J connectivity index is 2.03. The number of hydrogen-bond donors (Lipinski definition) is 1. The molecular weight excluding hydrogens is 314 g/mol. The van der Waals surface area contributed by atoms with Crippen molar-refractivity contribution in [2.24, 2.45) is 0 Å².